The first-order valence-corrected chi connectivity index (χ1v) is 9.97. The summed E-state index contributed by atoms with van der Waals surface area (Å²) in [5.74, 6) is 2.83. The molecule has 4 fully saturated rings. The van der Waals surface area contributed by atoms with Gasteiger partial charge in [0.1, 0.15) is 11.6 Å². The van der Waals surface area contributed by atoms with Crippen molar-refractivity contribution in [3.63, 3.8) is 0 Å². The monoisotopic (exact) mass is 332 g/mol. The van der Waals surface area contributed by atoms with Crippen LogP contribution in [0.1, 0.15) is 72.1 Å². The Bertz CT molecular complexity index is 569. The van der Waals surface area contributed by atoms with Gasteiger partial charge in [0.05, 0.1) is 6.10 Å². The highest BCUT2D eigenvalue weighted by Gasteiger charge is 2.62. The number of aliphatic hydroxyl groups excluding tert-OH is 1. The Hall–Kier alpha value is -0.700. The van der Waals surface area contributed by atoms with Crippen LogP contribution in [0.4, 0.5) is 0 Å². The molecule has 134 valence electrons. The zero-order chi connectivity index (χ0) is 17.3. The number of fused-ring (bicyclic) bond motifs is 5. The molecule has 4 aliphatic carbocycles. The molecule has 4 aliphatic rings. The summed E-state index contributed by atoms with van der Waals surface area (Å²) >= 11 is 0. The van der Waals surface area contributed by atoms with E-state index in [0.717, 1.165) is 32.1 Å². The van der Waals surface area contributed by atoms with Crippen molar-refractivity contribution in [1.29, 1.82) is 0 Å². The Kier molecular flexibility index (Phi) is 3.77. The van der Waals surface area contributed by atoms with Crippen LogP contribution < -0.4 is 0 Å². The first kappa shape index (κ1) is 16.8. The molecule has 0 amide bonds. The van der Waals surface area contributed by atoms with E-state index < -0.39 is 0 Å². The molecule has 4 saturated carbocycles. The van der Waals surface area contributed by atoms with Crippen LogP contribution in [-0.4, -0.2) is 22.8 Å². The minimum atomic E-state index is -0.334. The molecule has 0 aromatic carbocycles. The summed E-state index contributed by atoms with van der Waals surface area (Å²) in [6, 6.07) is 0. The van der Waals surface area contributed by atoms with Crippen LogP contribution in [-0.2, 0) is 9.59 Å². The van der Waals surface area contributed by atoms with Gasteiger partial charge < -0.3 is 5.11 Å². The quantitative estimate of drug-likeness (QED) is 0.795. The normalized spacial score (nSPS) is 53.9. The zero-order valence-corrected chi connectivity index (χ0v) is 15.4. The third kappa shape index (κ3) is 2.12. The third-order valence-electron chi connectivity index (χ3n) is 8.99. The van der Waals surface area contributed by atoms with E-state index in [9.17, 15) is 14.7 Å². The molecular formula is C21H32O3. The lowest BCUT2D eigenvalue weighted by atomic mass is 9.44. The topological polar surface area (TPSA) is 54.4 Å². The summed E-state index contributed by atoms with van der Waals surface area (Å²) < 4.78 is 0. The van der Waals surface area contributed by atoms with Crippen molar-refractivity contribution >= 4 is 11.6 Å². The SMILES string of the molecule is CC(=O)[C@H]1CC[C@H]2[C@@H]3C[C@@H](O)[C@H]4CC(=O)CC[C@]4(C)[C@H]3CC[C@]12C. The lowest BCUT2D eigenvalue weighted by Crippen LogP contribution is -2.58. The average Bonchev–Trinajstić information content (AvgIpc) is 2.87. The summed E-state index contributed by atoms with van der Waals surface area (Å²) in [5, 5.41) is 10.9. The number of hydrogen-bond donors (Lipinski definition) is 1. The standard InChI is InChI=1S/C21H32O3/c1-12(22)15-4-5-16-14-11-19(24)18-10-13(23)6-8-21(18,3)17(14)7-9-20(15,16)2/h14-19,24H,4-11H2,1-3H3/t14-,15+,16-,17-,18+,19+,20+,21+/m0/s1. The van der Waals surface area contributed by atoms with E-state index in [2.05, 4.69) is 13.8 Å². The van der Waals surface area contributed by atoms with Gasteiger partial charge in [0.15, 0.2) is 0 Å². The van der Waals surface area contributed by atoms with Gasteiger partial charge in [-0.25, -0.2) is 0 Å². The average molecular weight is 332 g/mol. The summed E-state index contributed by atoms with van der Waals surface area (Å²) in [6.07, 6.45) is 7.25. The Morgan fingerprint density at radius 3 is 2.46 bits per heavy atom. The molecule has 0 radical (unpaired) electrons. The van der Waals surface area contributed by atoms with E-state index in [-0.39, 0.29) is 28.8 Å². The maximum Gasteiger partial charge on any atom is 0.133 e. The van der Waals surface area contributed by atoms with Crippen molar-refractivity contribution in [3.8, 4) is 0 Å². The summed E-state index contributed by atoms with van der Waals surface area (Å²) in [5.41, 5.74) is 0.256. The molecule has 0 unspecified atom stereocenters. The number of carbonyl (C=O) groups excluding carboxylic acids is 2. The van der Waals surface area contributed by atoms with E-state index in [1.54, 1.807) is 6.92 Å². The molecular weight excluding hydrogens is 300 g/mol. The number of hydrogen-bond acceptors (Lipinski definition) is 3. The van der Waals surface area contributed by atoms with Crippen molar-refractivity contribution in [3.05, 3.63) is 0 Å². The Morgan fingerprint density at radius 1 is 1.04 bits per heavy atom. The molecule has 0 heterocycles. The van der Waals surface area contributed by atoms with Crippen LogP contribution in [0.25, 0.3) is 0 Å². The maximum atomic E-state index is 12.2. The Balaban J connectivity index is 1.67. The second-order valence-corrected chi connectivity index (χ2v) is 9.82. The summed E-state index contributed by atoms with van der Waals surface area (Å²) in [6.45, 7) is 6.46. The van der Waals surface area contributed by atoms with Crippen molar-refractivity contribution in [2.45, 2.75) is 78.2 Å². The second-order valence-electron chi connectivity index (χ2n) is 9.82. The van der Waals surface area contributed by atoms with E-state index >= 15 is 0 Å². The van der Waals surface area contributed by atoms with Gasteiger partial charge in [0.25, 0.3) is 0 Å². The number of ketones is 2. The highest BCUT2D eigenvalue weighted by molar-refractivity contribution is 5.80. The number of carbonyl (C=O) groups is 2. The molecule has 1 N–H and O–H groups in total. The van der Waals surface area contributed by atoms with Crippen LogP contribution in [0.5, 0.6) is 0 Å². The molecule has 0 aromatic rings. The molecule has 8 atom stereocenters. The molecule has 3 nitrogen and oxygen atoms in total. The highest BCUT2D eigenvalue weighted by atomic mass is 16.3. The van der Waals surface area contributed by atoms with Crippen LogP contribution >= 0.6 is 0 Å². The lowest BCUT2D eigenvalue weighted by Gasteiger charge is -2.61. The van der Waals surface area contributed by atoms with Gasteiger partial charge in [0, 0.05) is 18.8 Å². The van der Waals surface area contributed by atoms with Gasteiger partial charge in [-0.1, -0.05) is 13.8 Å². The zero-order valence-electron chi connectivity index (χ0n) is 15.4. The fraction of sp³-hybridized carbons (Fsp3) is 0.905. The molecule has 4 rings (SSSR count). The van der Waals surface area contributed by atoms with Crippen LogP contribution in [0.3, 0.4) is 0 Å². The van der Waals surface area contributed by atoms with Crippen LogP contribution in [0, 0.1) is 40.4 Å². The number of aliphatic hydroxyl groups is 1. The van der Waals surface area contributed by atoms with Gasteiger partial charge >= 0.3 is 0 Å². The van der Waals surface area contributed by atoms with E-state index in [1.165, 1.54) is 6.42 Å². The molecule has 0 spiro atoms. The number of Topliss-reactive ketones (excluding diaryl/α,β-unsaturated/α-hetero) is 2. The minimum absolute atomic E-state index is 0.117. The van der Waals surface area contributed by atoms with Crippen molar-refractivity contribution in [2.75, 3.05) is 0 Å². The summed E-state index contributed by atoms with van der Waals surface area (Å²) in [4.78, 5) is 24.1. The van der Waals surface area contributed by atoms with E-state index in [0.29, 0.717) is 42.2 Å². The maximum absolute atomic E-state index is 12.2. The van der Waals surface area contributed by atoms with Crippen LogP contribution in [0.2, 0.25) is 0 Å². The largest absolute Gasteiger partial charge is 0.393 e. The van der Waals surface area contributed by atoms with Gasteiger partial charge in [-0.05, 0) is 80.0 Å². The van der Waals surface area contributed by atoms with Crippen molar-refractivity contribution in [1.82, 2.24) is 0 Å². The van der Waals surface area contributed by atoms with Gasteiger partial charge in [0.2, 0.25) is 0 Å². The smallest absolute Gasteiger partial charge is 0.133 e. The van der Waals surface area contributed by atoms with Gasteiger partial charge in [-0.15, -0.1) is 0 Å². The summed E-state index contributed by atoms with van der Waals surface area (Å²) in [7, 11) is 0. The fourth-order valence-corrected chi connectivity index (χ4v) is 7.76. The number of rotatable bonds is 1. The van der Waals surface area contributed by atoms with Crippen molar-refractivity contribution < 1.29 is 14.7 Å². The van der Waals surface area contributed by atoms with Gasteiger partial charge in [-0.2, -0.15) is 0 Å². The van der Waals surface area contributed by atoms with E-state index in [1.807, 2.05) is 0 Å². The molecule has 0 aliphatic heterocycles. The molecule has 3 heteroatoms. The second kappa shape index (κ2) is 5.40. The third-order valence-corrected chi connectivity index (χ3v) is 8.99. The van der Waals surface area contributed by atoms with Gasteiger partial charge in [-0.3, -0.25) is 9.59 Å². The first-order valence-electron chi connectivity index (χ1n) is 9.97. The Morgan fingerprint density at radius 2 is 1.75 bits per heavy atom. The molecule has 0 bridgehead atoms. The predicted molar refractivity (Wildman–Crippen MR) is 92.3 cm³/mol. The predicted octanol–water partition coefficient (Wildman–Crippen LogP) is 3.77. The lowest BCUT2D eigenvalue weighted by molar-refractivity contribution is -0.166. The Labute approximate surface area is 145 Å². The highest BCUT2D eigenvalue weighted by Crippen LogP contribution is 2.67. The fourth-order valence-electron chi connectivity index (χ4n) is 7.76. The van der Waals surface area contributed by atoms with E-state index in [4.69, 9.17) is 0 Å². The molecule has 0 saturated heterocycles. The first-order chi connectivity index (χ1) is 11.3. The molecule has 24 heavy (non-hydrogen) atoms. The van der Waals surface area contributed by atoms with Crippen LogP contribution in [0.15, 0.2) is 0 Å². The minimum Gasteiger partial charge on any atom is -0.393 e. The molecule has 0 aromatic heterocycles. The van der Waals surface area contributed by atoms with Crippen molar-refractivity contribution in [2.24, 2.45) is 40.4 Å².